The van der Waals surface area contributed by atoms with Crippen molar-refractivity contribution in [2.24, 2.45) is 0 Å². The molecule has 0 saturated heterocycles. The lowest BCUT2D eigenvalue weighted by atomic mass is 10.1. The molecule has 2 rings (SSSR count). The van der Waals surface area contributed by atoms with Crippen LogP contribution in [0, 0.1) is 0 Å². The van der Waals surface area contributed by atoms with Crippen molar-refractivity contribution in [3.63, 3.8) is 0 Å². The molecular formula is C12H11ClN2O3S. The topological polar surface area (TPSA) is 79.9 Å². The Morgan fingerprint density at radius 2 is 2.00 bits per heavy atom. The number of aromatic amines is 1. The highest BCUT2D eigenvalue weighted by atomic mass is 35.7. The predicted molar refractivity (Wildman–Crippen MR) is 72.7 cm³/mol. The van der Waals surface area contributed by atoms with E-state index >= 15 is 0 Å². The molecule has 5 nitrogen and oxygen atoms in total. The van der Waals surface area contributed by atoms with Crippen LogP contribution in [0.2, 0.25) is 0 Å². The summed E-state index contributed by atoms with van der Waals surface area (Å²) in [6.45, 7) is 1.85. The first-order valence-electron chi connectivity index (χ1n) is 5.55. The lowest BCUT2D eigenvalue weighted by Gasteiger charge is -2.07. The van der Waals surface area contributed by atoms with Gasteiger partial charge in [-0.05, 0) is 24.1 Å². The maximum absolute atomic E-state index is 11.5. The maximum atomic E-state index is 11.5. The van der Waals surface area contributed by atoms with E-state index in [1.54, 1.807) is 12.1 Å². The monoisotopic (exact) mass is 298 g/mol. The first-order chi connectivity index (χ1) is 8.91. The molecule has 0 spiro atoms. The summed E-state index contributed by atoms with van der Waals surface area (Å²) in [6, 6.07) is 7.74. The molecule has 1 aromatic heterocycles. The smallest absolute Gasteiger partial charge is 0.264 e. The largest absolute Gasteiger partial charge is 0.268 e. The Kier molecular flexibility index (Phi) is 3.73. The summed E-state index contributed by atoms with van der Waals surface area (Å²) in [7, 11) is 1.61. The van der Waals surface area contributed by atoms with Crippen LogP contribution in [-0.4, -0.2) is 18.6 Å². The minimum atomic E-state index is -3.81. The third kappa shape index (κ3) is 3.02. The van der Waals surface area contributed by atoms with E-state index in [1.165, 1.54) is 18.2 Å². The summed E-state index contributed by atoms with van der Waals surface area (Å²) in [6.07, 6.45) is 0.556. The number of H-pyrrole nitrogens is 1. The van der Waals surface area contributed by atoms with Gasteiger partial charge in [-0.3, -0.25) is 4.79 Å². The quantitative estimate of drug-likeness (QED) is 0.878. The van der Waals surface area contributed by atoms with Crippen molar-refractivity contribution in [1.29, 1.82) is 0 Å². The van der Waals surface area contributed by atoms with Gasteiger partial charge < -0.3 is 0 Å². The van der Waals surface area contributed by atoms with Crippen molar-refractivity contribution in [3.8, 4) is 11.3 Å². The number of nitrogens with zero attached hydrogens (tertiary/aromatic N) is 1. The zero-order chi connectivity index (χ0) is 14.0. The first-order valence-corrected chi connectivity index (χ1v) is 7.86. The number of aromatic nitrogens is 2. The van der Waals surface area contributed by atoms with E-state index in [0.29, 0.717) is 23.2 Å². The average molecular weight is 299 g/mol. The molecule has 1 N–H and O–H groups in total. The van der Waals surface area contributed by atoms with E-state index in [0.717, 1.165) is 0 Å². The number of aryl methyl sites for hydroxylation is 1. The molecule has 0 aliphatic rings. The zero-order valence-corrected chi connectivity index (χ0v) is 11.6. The molecule has 0 saturated carbocycles. The number of rotatable bonds is 3. The van der Waals surface area contributed by atoms with Crippen molar-refractivity contribution in [1.82, 2.24) is 10.2 Å². The molecule has 19 heavy (non-hydrogen) atoms. The molecule has 0 aliphatic carbocycles. The number of hydrogen-bond acceptors (Lipinski definition) is 4. The van der Waals surface area contributed by atoms with Gasteiger partial charge in [0.15, 0.2) is 0 Å². The summed E-state index contributed by atoms with van der Waals surface area (Å²) in [5.74, 6) is 0. The SMILES string of the molecule is CCc1ccc(-c2ccc(=O)[nH]n2)cc1S(=O)(=O)Cl. The lowest BCUT2D eigenvalue weighted by Crippen LogP contribution is -2.06. The van der Waals surface area contributed by atoms with E-state index in [1.807, 2.05) is 6.92 Å². The van der Waals surface area contributed by atoms with E-state index in [9.17, 15) is 13.2 Å². The third-order valence-corrected chi connectivity index (χ3v) is 4.09. The second-order valence-electron chi connectivity index (χ2n) is 3.92. The summed E-state index contributed by atoms with van der Waals surface area (Å²) in [4.78, 5) is 11.0. The van der Waals surface area contributed by atoms with Gasteiger partial charge in [-0.15, -0.1) is 0 Å². The maximum Gasteiger partial charge on any atom is 0.264 e. The molecule has 0 amide bonds. The third-order valence-electron chi connectivity index (χ3n) is 2.69. The van der Waals surface area contributed by atoms with Crippen molar-refractivity contribution in [3.05, 3.63) is 46.2 Å². The number of nitrogens with one attached hydrogen (secondary N) is 1. The van der Waals surface area contributed by atoms with Crippen LogP contribution in [0.4, 0.5) is 0 Å². The number of benzene rings is 1. The normalized spacial score (nSPS) is 11.5. The minimum Gasteiger partial charge on any atom is -0.268 e. The van der Waals surface area contributed by atoms with Crippen LogP contribution in [0.25, 0.3) is 11.3 Å². The Labute approximate surface area is 114 Å². The van der Waals surface area contributed by atoms with Crippen LogP contribution in [0.1, 0.15) is 12.5 Å². The van der Waals surface area contributed by atoms with Crippen molar-refractivity contribution < 1.29 is 8.42 Å². The molecule has 0 aliphatic heterocycles. The van der Waals surface area contributed by atoms with Crippen molar-refractivity contribution >= 4 is 19.7 Å². The highest BCUT2D eigenvalue weighted by Gasteiger charge is 2.16. The average Bonchev–Trinajstić information content (AvgIpc) is 2.38. The summed E-state index contributed by atoms with van der Waals surface area (Å²) in [5, 5.41) is 6.15. The lowest BCUT2D eigenvalue weighted by molar-refractivity contribution is 0.608. The highest BCUT2D eigenvalue weighted by molar-refractivity contribution is 8.13. The van der Waals surface area contributed by atoms with Crippen LogP contribution < -0.4 is 5.56 Å². The zero-order valence-electron chi connectivity index (χ0n) is 10.1. The molecule has 2 aromatic rings. The van der Waals surface area contributed by atoms with E-state index < -0.39 is 9.05 Å². The molecular weight excluding hydrogens is 288 g/mol. The molecule has 100 valence electrons. The van der Waals surface area contributed by atoms with Gasteiger partial charge in [0.05, 0.1) is 10.6 Å². The number of hydrogen-bond donors (Lipinski definition) is 1. The summed E-state index contributed by atoms with van der Waals surface area (Å²) < 4.78 is 23.1. The second kappa shape index (κ2) is 5.14. The van der Waals surface area contributed by atoms with Crippen LogP contribution >= 0.6 is 10.7 Å². The Balaban J connectivity index is 2.61. The number of halogens is 1. The van der Waals surface area contributed by atoms with E-state index in [-0.39, 0.29) is 10.5 Å². The van der Waals surface area contributed by atoms with Gasteiger partial charge in [-0.1, -0.05) is 19.1 Å². The predicted octanol–water partition coefficient (Wildman–Crippen LogP) is 1.93. The van der Waals surface area contributed by atoms with Crippen molar-refractivity contribution in [2.45, 2.75) is 18.2 Å². The fourth-order valence-corrected chi connectivity index (χ4v) is 2.96. The van der Waals surface area contributed by atoms with Gasteiger partial charge >= 0.3 is 0 Å². The van der Waals surface area contributed by atoms with E-state index in [4.69, 9.17) is 10.7 Å². The van der Waals surface area contributed by atoms with Gasteiger partial charge in [0, 0.05) is 22.3 Å². The summed E-state index contributed by atoms with van der Waals surface area (Å²) >= 11 is 0. The fourth-order valence-electron chi connectivity index (χ4n) is 1.74. The van der Waals surface area contributed by atoms with Crippen LogP contribution in [0.15, 0.2) is 40.0 Å². The van der Waals surface area contributed by atoms with E-state index in [2.05, 4.69) is 10.2 Å². The molecule has 7 heteroatoms. The first kappa shape index (κ1) is 13.8. The van der Waals surface area contributed by atoms with Crippen LogP contribution in [0.3, 0.4) is 0 Å². The standard InChI is InChI=1S/C12H11ClN2O3S/c1-2-8-3-4-9(7-11(8)19(13,17)18)10-5-6-12(16)15-14-10/h3-7H,2H2,1H3,(H,15,16). The molecule has 0 bridgehead atoms. The van der Waals surface area contributed by atoms with Crippen molar-refractivity contribution in [2.75, 3.05) is 0 Å². The molecule has 0 fully saturated rings. The fraction of sp³-hybridized carbons (Fsp3) is 0.167. The Hall–Kier alpha value is -1.66. The van der Waals surface area contributed by atoms with Gasteiger partial charge in [0.1, 0.15) is 0 Å². The highest BCUT2D eigenvalue weighted by Crippen LogP contribution is 2.26. The van der Waals surface area contributed by atoms with Gasteiger partial charge in [0.25, 0.3) is 14.6 Å². The van der Waals surface area contributed by atoms with Gasteiger partial charge in [-0.2, -0.15) is 5.10 Å². The Morgan fingerprint density at radius 1 is 1.26 bits per heavy atom. The van der Waals surface area contributed by atoms with Gasteiger partial charge in [-0.25, -0.2) is 13.5 Å². The molecule has 1 heterocycles. The minimum absolute atomic E-state index is 0.0715. The van der Waals surface area contributed by atoms with Crippen LogP contribution in [0.5, 0.6) is 0 Å². The Bertz CT molecular complexity index is 748. The summed E-state index contributed by atoms with van der Waals surface area (Å²) in [5.41, 5.74) is 1.37. The second-order valence-corrected chi connectivity index (χ2v) is 6.45. The molecule has 0 unspecified atom stereocenters. The molecule has 0 radical (unpaired) electrons. The van der Waals surface area contributed by atoms with Crippen LogP contribution in [-0.2, 0) is 15.5 Å². The van der Waals surface area contributed by atoms with Gasteiger partial charge in [0.2, 0.25) is 0 Å². The Morgan fingerprint density at radius 3 is 2.53 bits per heavy atom. The molecule has 1 aromatic carbocycles. The molecule has 0 atom stereocenters.